The van der Waals surface area contributed by atoms with E-state index in [4.69, 9.17) is 9.47 Å². The molecule has 1 N–H and O–H groups in total. The van der Waals surface area contributed by atoms with E-state index in [0.29, 0.717) is 24.5 Å². The SMILES string of the molecule is COC(=O)C1(OC(C)=O)CCC2C3CCc4cc(O)ccc4C3C(c3ccc(N(C)C)cc3)C[C@@]21C. The molecule has 2 aromatic rings. The summed E-state index contributed by atoms with van der Waals surface area (Å²) in [5, 5.41) is 10.2. The van der Waals surface area contributed by atoms with E-state index in [1.54, 1.807) is 6.07 Å². The zero-order valence-electron chi connectivity index (χ0n) is 21.9. The quantitative estimate of drug-likeness (QED) is 0.594. The molecule has 0 saturated heterocycles. The summed E-state index contributed by atoms with van der Waals surface area (Å²) in [5.41, 5.74) is 3.05. The molecule has 0 aliphatic heterocycles. The predicted molar refractivity (Wildman–Crippen MR) is 138 cm³/mol. The second-order valence-electron chi connectivity index (χ2n) is 11.4. The van der Waals surface area contributed by atoms with Crippen molar-refractivity contribution in [2.75, 3.05) is 26.1 Å². The standard InChI is InChI=1S/C30H37NO5/c1-18(32)36-30(28(34)35-5)15-14-26-24-12-8-20-16-22(33)11-13-23(20)27(24)25(17-29(26,30)2)19-6-9-21(10-7-19)31(3)4/h6-7,9-11,13,16,24-27,33H,8,12,14-15,17H2,1-5H3/t24?,25?,26?,27?,29-,30?/m0/s1. The van der Waals surface area contributed by atoms with Gasteiger partial charge < -0.3 is 19.5 Å². The van der Waals surface area contributed by atoms with Crippen molar-refractivity contribution < 1.29 is 24.2 Å². The van der Waals surface area contributed by atoms with Crippen molar-refractivity contribution in [3.05, 3.63) is 59.2 Å². The van der Waals surface area contributed by atoms with Crippen LogP contribution < -0.4 is 4.90 Å². The fourth-order valence-corrected chi connectivity index (χ4v) is 7.98. The number of anilines is 1. The van der Waals surface area contributed by atoms with Gasteiger partial charge in [0.2, 0.25) is 5.60 Å². The van der Waals surface area contributed by atoms with Crippen LogP contribution in [0, 0.1) is 17.3 Å². The summed E-state index contributed by atoms with van der Waals surface area (Å²) in [7, 11) is 5.45. The number of phenols is 1. The summed E-state index contributed by atoms with van der Waals surface area (Å²) in [5.74, 6) is 0.378. The van der Waals surface area contributed by atoms with E-state index in [2.05, 4.69) is 42.2 Å². The van der Waals surface area contributed by atoms with Gasteiger partial charge in [-0.15, -0.1) is 0 Å². The lowest BCUT2D eigenvalue weighted by Crippen LogP contribution is -2.58. The summed E-state index contributed by atoms with van der Waals surface area (Å²) < 4.78 is 11.3. The minimum atomic E-state index is -1.28. The molecule has 5 unspecified atom stereocenters. The first kappa shape index (κ1) is 24.7. The van der Waals surface area contributed by atoms with Gasteiger partial charge in [-0.1, -0.05) is 25.1 Å². The lowest BCUT2D eigenvalue weighted by atomic mass is 9.49. The Morgan fingerprint density at radius 1 is 1.08 bits per heavy atom. The molecule has 6 atom stereocenters. The summed E-state index contributed by atoms with van der Waals surface area (Å²) in [6.45, 7) is 3.53. The second-order valence-corrected chi connectivity index (χ2v) is 11.4. The van der Waals surface area contributed by atoms with Crippen molar-refractivity contribution >= 4 is 17.6 Å². The topological polar surface area (TPSA) is 76.1 Å². The van der Waals surface area contributed by atoms with Crippen molar-refractivity contribution in [2.45, 2.75) is 63.4 Å². The molecule has 6 nitrogen and oxygen atoms in total. The highest BCUT2D eigenvalue weighted by molar-refractivity contribution is 5.84. The van der Waals surface area contributed by atoms with E-state index >= 15 is 0 Å². The number of aryl methyl sites for hydroxylation is 1. The first-order valence-corrected chi connectivity index (χ1v) is 13.0. The number of esters is 2. The molecule has 6 heteroatoms. The molecule has 36 heavy (non-hydrogen) atoms. The maximum Gasteiger partial charge on any atom is 0.350 e. The molecule has 2 saturated carbocycles. The van der Waals surface area contributed by atoms with Crippen LogP contribution in [0.5, 0.6) is 5.75 Å². The van der Waals surface area contributed by atoms with Gasteiger partial charge in [-0.25, -0.2) is 4.79 Å². The van der Waals surface area contributed by atoms with Crippen LogP contribution in [0.3, 0.4) is 0 Å². The monoisotopic (exact) mass is 491 g/mol. The Morgan fingerprint density at radius 3 is 2.44 bits per heavy atom. The average molecular weight is 492 g/mol. The van der Waals surface area contributed by atoms with Crippen LogP contribution in [0.15, 0.2) is 42.5 Å². The van der Waals surface area contributed by atoms with Crippen LogP contribution in [0.1, 0.15) is 68.1 Å². The van der Waals surface area contributed by atoms with Gasteiger partial charge in [-0.05, 0) is 96.7 Å². The maximum atomic E-state index is 13.4. The van der Waals surface area contributed by atoms with Crippen molar-refractivity contribution in [2.24, 2.45) is 17.3 Å². The van der Waals surface area contributed by atoms with E-state index in [-0.39, 0.29) is 17.8 Å². The van der Waals surface area contributed by atoms with Gasteiger partial charge in [0, 0.05) is 32.1 Å². The van der Waals surface area contributed by atoms with E-state index < -0.39 is 23.0 Å². The third-order valence-corrected chi connectivity index (χ3v) is 9.51. The number of phenolic OH excluding ortho intramolecular Hbond substituents is 1. The number of methoxy groups -OCH3 is 1. The molecule has 2 fully saturated rings. The number of aromatic hydroxyl groups is 1. The Hall–Kier alpha value is -3.02. The lowest BCUT2D eigenvalue weighted by Gasteiger charge is -2.56. The summed E-state index contributed by atoms with van der Waals surface area (Å²) in [4.78, 5) is 27.8. The molecule has 2 aromatic carbocycles. The normalized spacial score (nSPS) is 32.6. The van der Waals surface area contributed by atoms with E-state index in [0.717, 1.165) is 24.9 Å². The first-order valence-electron chi connectivity index (χ1n) is 13.0. The van der Waals surface area contributed by atoms with Crippen molar-refractivity contribution in [3.8, 4) is 5.75 Å². The fraction of sp³-hybridized carbons (Fsp3) is 0.533. The molecule has 3 aliphatic rings. The largest absolute Gasteiger partial charge is 0.508 e. The third-order valence-electron chi connectivity index (χ3n) is 9.51. The predicted octanol–water partition coefficient (Wildman–Crippen LogP) is 5.18. The molecule has 0 radical (unpaired) electrons. The Morgan fingerprint density at radius 2 is 1.81 bits per heavy atom. The zero-order valence-corrected chi connectivity index (χ0v) is 21.9. The van der Waals surface area contributed by atoms with Crippen LogP contribution in [-0.2, 0) is 25.5 Å². The Balaban J connectivity index is 1.66. The van der Waals surface area contributed by atoms with Gasteiger partial charge in [-0.2, -0.15) is 0 Å². The van der Waals surface area contributed by atoms with Crippen molar-refractivity contribution in [1.29, 1.82) is 0 Å². The van der Waals surface area contributed by atoms with E-state index in [1.165, 1.54) is 30.7 Å². The molecular formula is C30H37NO5. The van der Waals surface area contributed by atoms with Gasteiger partial charge in [0.1, 0.15) is 5.75 Å². The van der Waals surface area contributed by atoms with Crippen LogP contribution >= 0.6 is 0 Å². The zero-order chi connectivity index (χ0) is 25.8. The molecule has 0 heterocycles. The van der Waals surface area contributed by atoms with E-state index in [9.17, 15) is 14.7 Å². The molecular weight excluding hydrogens is 454 g/mol. The lowest BCUT2D eigenvalue weighted by molar-refractivity contribution is -0.200. The number of nitrogens with zero attached hydrogens (tertiary/aromatic N) is 1. The number of ether oxygens (including phenoxy) is 2. The molecule has 192 valence electrons. The van der Waals surface area contributed by atoms with Gasteiger partial charge in [-0.3, -0.25) is 4.79 Å². The van der Waals surface area contributed by atoms with Crippen LogP contribution in [0.2, 0.25) is 0 Å². The first-order chi connectivity index (χ1) is 17.1. The van der Waals surface area contributed by atoms with Crippen molar-refractivity contribution in [3.63, 3.8) is 0 Å². The number of carbonyl (C=O) groups is 2. The fourth-order valence-electron chi connectivity index (χ4n) is 7.98. The number of fused-ring (bicyclic) bond motifs is 5. The van der Waals surface area contributed by atoms with Gasteiger partial charge in [0.05, 0.1) is 7.11 Å². The average Bonchev–Trinajstić information content (AvgIpc) is 3.14. The smallest absolute Gasteiger partial charge is 0.350 e. The number of carbonyl (C=O) groups excluding carboxylic acids is 2. The number of hydrogen-bond acceptors (Lipinski definition) is 6. The summed E-state index contributed by atoms with van der Waals surface area (Å²) >= 11 is 0. The molecule has 0 spiro atoms. The van der Waals surface area contributed by atoms with Crippen molar-refractivity contribution in [1.82, 2.24) is 0 Å². The van der Waals surface area contributed by atoms with Gasteiger partial charge in [0.25, 0.3) is 0 Å². The Bertz CT molecular complexity index is 1170. The molecule has 0 bridgehead atoms. The highest BCUT2D eigenvalue weighted by atomic mass is 16.6. The Labute approximate surface area is 213 Å². The molecule has 0 aromatic heterocycles. The highest BCUT2D eigenvalue weighted by Gasteiger charge is 2.69. The highest BCUT2D eigenvalue weighted by Crippen LogP contribution is 2.68. The van der Waals surface area contributed by atoms with Crippen LogP contribution in [0.4, 0.5) is 5.69 Å². The molecule has 0 amide bonds. The molecule has 3 aliphatic carbocycles. The van der Waals surface area contributed by atoms with Gasteiger partial charge in [0.15, 0.2) is 0 Å². The maximum absolute atomic E-state index is 13.4. The minimum Gasteiger partial charge on any atom is -0.508 e. The summed E-state index contributed by atoms with van der Waals surface area (Å²) in [6.07, 6.45) is 3.88. The van der Waals surface area contributed by atoms with Gasteiger partial charge >= 0.3 is 11.9 Å². The number of hydrogen-bond donors (Lipinski definition) is 1. The second kappa shape index (κ2) is 8.82. The minimum absolute atomic E-state index is 0.133. The van der Waals surface area contributed by atoms with E-state index in [1.807, 2.05) is 20.2 Å². The number of benzene rings is 2. The number of rotatable bonds is 4. The Kier molecular flexibility index (Phi) is 6.05. The van der Waals surface area contributed by atoms with Crippen LogP contribution in [0.25, 0.3) is 0 Å². The summed E-state index contributed by atoms with van der Waals surface area (Å²) in [6, 6.07) is 14.5. The van der Waals surface area contributed by atoms with Crippen LogP contribution in [-0.4, -0.2) is 43.9 Å². The third kappa shape index (κ3) is 3.60. The molecule has 5 rings (SSSR count).